The van der Waals surface area contributed by atoms with E-state index in [1.165, 1.54) is 27.8 Å². The van der Waals surface area contributed by atoms with Crippen LogP contribution in [-0.2, 0) is 19.5 Å². The van der Waals surface area contributed by atoms with E-state index >= 15 is 0 Å². The Labute approximate surface area is 155 Å². The first-order valence-electron chi connectivity index (χ1n) is 8.53. The number of para-hydroxylation sites is 1. The number of phenols is 1. The largest absolute Gasteiger partial charge is 0.507 e. The molecule has 0 aliphatic carbocycles. The zero-order valence-electron chi connectivity index (χ0n) is 14.2. The third-order valence-electron chi connectivity index (χ3n) is 4.43. The number of rotatable bonds is 4. The van der Waals surface area contributed by atoms with Gasteiger partial charge in [0.25, 0.3) is 5.91 Å². The Kier molecular flexibility index (Phi) is 4.69. The number of nitrogens with zero attached hydrogens (tertiary/aromatic N) is 2. The second kappa shape index (κ2) is 7.27. The van der Waals surface area contributed by atoms with E-state index in [1.54, 1.807) is 18.2 Å². The molecule has 0 saturated carbocycles. The van der Waals surface area contributed by atoms with E-state index in [-0.39, 0.29) is 17.2 Å². The summed E-state index contributed by atoms with van der Waals surface area (Å²) in [4.78, 5) is 20.5. The van der Waals surface area contributed by atoms with E-state index in [0.29, 0.717) is 5.13 Å². The number of fused-ring (bicyclic) bond motifs is 1. The number of aromatic hydroxyl groups is 1. The highest BCUT2D eigenvalue weighted by molar-refractivity contribution is 7.15. The van der Waals surface area contributed by atoms with Gasteiger partial charge in [0.15, 0.2) is 5.13 Å². The molecule has 1 amide bonds. The van der Waals surface area contributed by atoms with Crippen LogP contribution in [0, 0.1) is 0 Å². The predicted octanol–water partition coefficient (Wildman–Crippen LogP) is 3.66. The SMILES string of the molecule is O=C(Nc1nc2c(s1)CN(Cc1ccccc1)CC2)c1ccccc1O. The van der Waals surface area contributed by atoms with Gasteiger partial charge >= 0.3 is 0 Å². The highest BCUT2D eigenvalue weighted by Crippen LogP contribution is 2.29. The third kappa shape index (κ3) is 3.61. The van der Waals surface area contributed by atoms with Gasteiger partial charge in [-0.3, -0.25) is 15.0 Å². The molecule has 1 aliphatic rings. The van der Waals surface area contributed by atoms with Crippen molar-refractivity contribution in [2.45, 2.75) is 19.5 Å². The van der Waals surface area contributed by atoms with Crippen LogP contribution in [0.1, 0.15) is 26.5 Å². The first-order chi connectivity index (χ1) is 12.7. The molecule has 2 heterocycles. The van der Waals surface area contributed by atoms with Crippen LogP contribution in [0.5, 0.6) is 5.75 Å². The molecule has 2 aromatic carbocycles. The Morgan fingerprint density at radius 1 is 1.15 bits per heavy atom. The van der Waals surface area contributed by atoms with Crippen LogP contribution in [0.4, 0.5) is 5.13 Å². The number of hydrogen-bond donors (Lipinski definition) is 2. The molecule has 0 saturated heterocycles. The van der Waals surface area contributed by atoms with E-state index in [9.17, 15) is 9.90 Å². The van der Waals surface area contributed by atoms with Gasteiger partial charge in [0.05, 0.1) is 11.3 Å². The average molecular weight is 365 g/mol. The predicted molar refractivity (Wildman–Crippen MR) is 102 cm³/mol. The van der Waals surface area contributed by atoms with Crippen LogP contribution < -0.4 is 5.32 Å². The molecular formula is C20H19N3O2S. The van der Waals surface area contributed by atoms with Crippen LogP contribution in [0.2, 0.25) is 0 Å². The summed E-state index contributed by atoms with van der Waals surface area (Å²) in [6.45, 7) is 2.71. The Morgan fingerprint density at radius 3 is 2.73 bits per heavy atom. The maximum absolute atomic E-state index is 12.3. The fraction of sp³-hybridized carbons (Fsp3) is 0.200. The van der Waals surface area contributed by atoms with Crippen molar-refractivity contribution in [1.29, 1.82) is 0 Å². The first kappa shape index (κ1) is 16.8. The van der Waals surface area contributed by atoms with Crippen molar-refractivity contribution in [3.63, 3.8) is 0 Å². The molecule has 4 rings (SSSR count). The fourth-order valence-corrected chi connectivity index (χ4v) is 4.15. The van der Waals surface area contributed by atoms with Gasteiger partial charge in [-0.05, 0) is 17.7 Å². The lowest BCUT2D eigenvalue weighted by Crippen LogP contribution is -2.29. The molecule has 0 atom stereocenters. The zero-order chi connectivity index (χ0) is 17.9. The summed E-state index contributed by atoms with van der Waals surface area (Å²) in [7, 11) is 0. The monoisotopic (exact) mass is 365 g/mol. The summed E-state index contributed by atoms with van der Waals surface area (Å²) in [6.07, 6.45) is 0.880. The summed E-state index contributed by atoms with van der Waals surface area (Å²) in [6, 6.07) is 16.9. The average Bonchev–Trinajstić information content (AvgIpc) is 3.04. The first-order valence-corrected chi connectivity index (χ1v) is 9.35. The van der Waals surface area contributed by atoms with Crippen LogP contribution in [-0.4, -0.2) is 27.4 Å². The standard InChI is InChI=1S/C20H19N3O2S/c24-17-9-5-4-8-15(17)19(25)22-20-21-16-10-11-23(13-18(16)26-20)12-14-6-2-1-3-7-14/h1-9,24H,10-13H2,(H,21,22,25). The van der Waals surface area contributed by atoms with Crippen LogP contribution in [0.25, 0.3) is 0 Å². The number of hydrogen-bond acceptors (Lipinski definition) is 5. The molecule has 1 aliphatic heterocycles. The van der Waals surface area contributed by atoms with Crippen molar-refractivity contribution in [2.75, 3.05) is 11.9 Å². The lowest BCUT2D eigenvalue weighted by atomic mass is 10.1. The number of nitrogens with one attached hydrogen (secondary N) is 1. The Bertz CT molecular complexity index is 924. The van der Waals surface area contributed by atoms with Gasteiger partial charge in [0, 0.05) is 30.9 Å². The van der Waals surface area contributed by atoms with Crippen molar-refractivity contribution in [3.05, 3.63) is 76.3 Å². The molecule has 6 heteroatoms. The zero-order valence-corrected chi connectivity index (χ0v) is 15.0. The van der Waals surface area contributed by atoms with E-state index in [2.05, 4.69) is 39.5 Å². The number of carbonyl (C=O) groups excluding carboxylic acids is 1. The second-order valence-electron chi connectivity index (χ2n) is 6.31. The smallest absolute Gasteiger partial charge is 0.261 e. The van der Waals surface area contributed by atoms with Gasteiger partial charge in [-0.2, -0.15) is 0 Å². The number of amides is 1. The van der Waals surface area contributed by atoms with E-state index < -0.39 is 0 Å². The summed E-state index contributed by atoms with van der Waals surface area (Å²) in [5.74, 6) is -0.365. The van der Waals surface area contributed by atoms with Gasteiger partial charge in [0.1, 0.15) is 5.75 Å². The molecule has 5 nitrogen and oxygen atoms in total. The van der Waals surface area contributed by atoms with Crippen molar-refractivity contribution >= 4 is 22.4 Å². The Balaban J connectivity index is 1.44. The minimum Gasteiger partial charge on any atom is -0.507 e. The van der Waals surface area contributed by atoms with Crippen LogP contribution >= 0.6 is 11.3 Å². The summed E-state index contributed by atoms with van der Waals surface area (Å²) >= 11 is 1.51. The van der Waals surface area contributed by atoms with Crippen LogP contribution in [0.3, 0.4) is 0 Å². The summed E-state index contributed by atoms with van der Waals surface area (Å²) < 4.78 is 0. The van der Waals surface area contributed by atoms with Gasteiger partial charge in [-0.25, -0.2) is 4.98 Å². The second-order valence-corrected chi connectivity index (χ2v) is 7.39. The lowest BCUT2D eigenvalue weighted by molar-refractivity contribution is 0.102. The number of thiazole rings is 1. The van der Waals surface area contributed by atoms with Gasteiger partial charge in [-0.15, -0.1) is 11.3 Å². The van der Waals surface area contributed by atoms with Crippen molar-refractivity contribution in [1.82, 2.24) is 9.88 Å². The quantitative estimate of drug-likeness (QED) is 0.741. The van der Waals surface area contributed by atoms with Gasteiger partial charge < -0.3 is 5.11 Å². The van der Waals surface area contributed by atoms with E-state index in [0.717, 1.165) is 31.7 Å². The summed E-state index contributed by atoms with van der Waals surface area (Å²) in [5.41, 5.74) is 2.62. The molecule has 2 N–H and O–H groups in total. The van der Waals surface area contributed by atoms with E-state index in [4.69, 9.17) is 0 Å². The number of carbonyl (C=O) groups is 1. The molecule has 0 unspecified atom stereocenters. The topological polar surface area (TPSA) is 65.5 Å². The maximum Gasteiger partial charge on any atom is 0.261 e. The van der Waals surface area contributed by atoms with Gasteiger partial charge in [0.2, 0.25) is 0 Å². The van der Waals surface area contributed by atoms with Crippen molar-refractivity contribution < 1.29 is 9.90 Å². The molecule has 0 radical (unpaired) electrons. The highest BCUT2D eigenvalue weighted by atomic mass is 32.1. The highest BCUT2D eigenvalue weighted by Gasteiger charge is 2.22. The molecule has 0 fully saturated rings. The number of anilines is 1. The molecule has 0 bridgehead atoms. The molecule has 26 heavy (non-hydrogen) atoms. The Morgan fingerprint density at radius 2 is 1.92 bits per heavy atom. The minimum absolute atomic E-state index is 0.0274. The molecule has 132 valence electrons. The number of phenolic OH excluding ortho intramolecular Hbond substituents is 1. The fourth-order valence-electron chi connectivity index (χ4n) is 3.11. The van der Waals surface area contributed by atoms with E-state index in [1.807, 2.05) is 6.07 Å². The minimum atomic E-state index is -0.338. The number of aromatic nitrogens is 1. The summed E-state index contributed by atoms with van der Waals surface area (Å²) in [5, 5.41) is 13.2. The lowest BCUT2D eigenvalue weighted by Gasteiger charge is -2.25. The third-order valence-corrected chi connectivity index (χ3v) is 5.43. The Hall–Kier alpha value is -2.70. The number of benzene rings is 2. The maximum atomic E-state index is 12.3. The molecular weight excluding hydrogens is 346 g/mol. The normalized spacial score (nSPS) is 14.0. The van der Waals surface area contributed by atoms with Gasteiger partial charge in [-0.1, -0.05) is 42.5 Å². The van der Waals surface area contributed by atoms with Crippen molar-refractivity contribution in [2.24, 2.45) is 0 Å². The molecule has 0 spiro atoms. The molecule has 1 aromatic heterocycles. The molecule has 3 aromatic rings. The van der Waals surface area contributed by atoms with Crippen LogP contribution in [0.15, 0.2) is 54.6 Å². The van der Waals surface area contributed by atoms with Crippen molar-refractivity contribution in [3.8, 4) is 5.75 Å².